The summed E-state index contributed by atoms with van der Waals surface area (Å²) in [5.41, 5.74) is 0.905. The molecule has 0 bridgehead atoms. The van der Waals surface area contributed by atoms with E-state index in [1.165, 1.54) is 6.92 Å². The van der Waals surface area contributed by atoms with Crippen molar-refractivity contribution in [3.8, 4) is 17.2 Å². The highest BCUT2D eigenvalue weighted by molar-refractivity contribution is 14.1. The maximum Gasteiger partial charge on any atom is 0.328 e. The van der Waals surface area contributed by atoms with Crippen LogP contribution in [-0.2, 0) is 20.7 Å². The van der Waals surface area contributed by atoms with Crippen LogP contribution in [0.15, 0.2) is 36.4 Å². The zero-order valence-corrected chi connectivity index (χ0v) is 20.1. The molecule has 1 amide bonds. The molecular weight excluding hydrogens is 588 g/mol. The molecule has 6 nitrogen and oxygen atoms in total. The highest BCUT2D eigenvalue weighted by Gasteiger charge is 2.22. The fourth-order valence-electron chi connectivity index (χ4n) is 2.51. The zero-order chi connectivity index (χ0) is 20.7. The number of carbonyl (C=O) groups is 2. The van der Waals surface area contributed by atoms with Crippen LogP contribution in [0.2, 0.25) is 0 Å². The Morgan fingerprint density at radius 3 is 2.14 bits per heavy atom. The summed E-state index contributed by atoms with van der Waals surface area (Å²) in [5, 5.41) is 2.66. The summed E-state index contributed by atoms with van der Waals surface area (Å²) < 4.78 is 18.0. The van der Waals surface area contributed by atoms with Crippen LogP contribution in [0.3, 0.4) is 0 Å². The van der Waals surface area contributed by atoms with Crippen molar-refractivity contribution < 1.29 is 23.8 Å². The Kier molecular flexibility index (Phi) is 8.80. The van der Waals surface area contributed by atoms with Crippen molar-refractivity contribution >= 4 is 57.1 Å². The number of halogens is 2. The van der Waals surface area contributed by atoms with Crippen molar-refractivity contribution in [1.29, 1.82) is 0 Å². The van der Waals surface area contributed by atoms with E-state index in [4.69, 9.17) is 14.2 Å². The monoisotopic (exact) mass is 609 g/mol. The molecule has 0 aliphatic rings. The van der Waals surface area contributed by atoms with E-state index in [2.05, 4.69) is 50.5 Å². The SMILES string of the molecule is CCOC(=O)C(Cc1cc(I)c(Oc2ccc(OC)cc2)c(I)c1)NC(C)=O. The van der Waals surface area contributed by atoms with E-state index in [9.17, 15) is 9.59 Å². The van der Waals surface area contributed by atoms with Gasteiger partial charge in [-0.25, -0.2) is 4.79 Å². The fourth-order valence-corrected chi connectivity index (χ4v) is 4.62. The number of nitrogens with one attached hydrogen (secondary N) is 1. The zero-order valence-electron chi connectivity index (χ0n) is 15.8. The quantitative estimate of drug-likeness (QED) is 0.357. The molecule has 0 saturated carbocycles. The van der Waals surface area contributed by atoms with Gasteiger partial charge >= 0.3 is 5.97 Å². The van der Waals surface area contributed by atoms with Crippen molar-refractivity contribution in [3.05, 3.63) is 49.1 Å². The van der Waals surface area contributed by atoms with E-state index in [1.54, 1.807) is 14.0 Å². The minimum absolute atomic E-state index is 0.263. The Labute approximate surface area is 191 Å². The fraction of sp³-hybridized carbons (Fsp3) is 0.300. The first-order valence-corrected chi connectivity index (χ1v) is 10.7. The predicted molar refractivity (Wildman–Crippen MR) is 123 cm³/mol. The van der Waals surface area contributed by atoms with Crippen LogP contribution in [0.5, 0.6) is 17.2 Å². The minimum atomic E-state index is -0.725. The van der Waals surface area contributed by atoms with E-state index < -0.39 is 12.0 Å². The summed E-state index contributed by atoms with van der Waals surface area (Å²) in [6.07, 6.45) is 0.341. The number of ether oxygens (including phenoxy) is 3. The molecule has 0 heterocycles. The molecule has 0 aliphatic heterocycles. The molecule has 28 heavy (non-hydrogen) atoms. The number of methoxy groups -OCH3 is 1. The largest absolute Gasteiger partial charge is 0.497 e. The Bertz CT molecular complexity index is 816. The Hall–Kier alpha value is -1.56. The second-order valence-electron chi connectivity index (χ2n) is 5.88. The third-order valence-corrected chi connectivity index (χ3v) is 5.33. The van der Waals surface area contributed by atoms with Crippen LogP contribution < -0.4 is 14.8 Å². The molecule has 2 rings (SSSR count). The standard InChI is InChI=1S/C20H21I2NO5/c1-4-27-20(25)18(23-12(2)24)11-13-9-16(21)19(17(22)10-13)28-15-7-5-14(26-3)6-8-15/h5-10,18H,4,11H2,1-3H3,(H,23,24). The number of hydrogen-bond donors (Lipinski definition) is 1. The average Bonchev–Trinajstić information content (AvgIpc) is 2.64. The summed E-state index contributed by atoms with van der Waals surface area (Å²) >= 11 is 4.40. The van der Waals surface area contributed by atoms with Crippen molar-refractivity contribution in [2.75, 3.05) is 13.7 Å². The van der Waals surface area contributed by atoms with Gasteiger partial charge in [-0.3, -0.25) is 4.79 Å². The first kappa shape index (κ1) is 22.7. The predicted octanol–water partition coefficient (Wildman–Crippen LogP) is 4.31. The number of benzene rings is 2. The first-order chi connectivity index (χ1) is 13.3. The number of rotatable bonds is 8. The van der Waals surface area contributed by atoms with Crippen molar-refractivity contribution in [2.45, 2.75) is 26.3 Å². The summed E-state index contributed by atoms with van der Waals surface area (Å²) in [6, 6.07) is 10.5. The third kappa shape index (κ3) is 6.50. The molecule has 0 radical (unpaired) electrons. The van der Waals surface area contributed by atoms with Crippen LogP contribution >= 0.6 is 45.2 Å². The summed E-state index contributed by atoms with van der Waals surface area (Å²) in [6.45, 7) is 3.38. The van der Waals surface area contributed by atoms with Gasteiger partial charge in [-0.05, 0) is 94.1 Å². The van der Waals surface area contributed by atoms with Gasteiger partial charge in [0.05, 0.1) is 20.9 Å². The number of amides is 1. The lowest BCUT2D eigenvalue weighted by atomic mass is 10.1. The Balaban J connectivity index is 2.20. The van der Waals surface area contributed by atoms with Gasteiger partial charge in [0, 0.05) is 13.3 Å². The van der Waals surface area contributed by atoms with Gasteiger partial charge in [-0.1, -0.05) is 0 Å². The van der Waals surface area contributed by atoms with Crippen LogP contribution in [0.1, 0.15) is 19.4 Å². The maximum atomic E-state index is 12.1. The first-order valence-electron chi connectivity index (χ1n) is 8.57. The molecule has 1 N–H and O–H groups in total. The smallest absolute Gasteiger partial charge is 0.328 e. The van der Waals surface area contributed by atoms with E-state index in [0.717, 1.165) is 24.2 Å². The van der Waals surface area contributed by atoms with Gasteiger partial charge in [-0.15, -0.1) is 0 Å². The van der Waals surface area contributed by atoms with Gasteiger partial charge in [0.15, 0.2) is 5.75 Å². The maximum absolute atomic E-state index is 12.1. The van der Waals surface area contributed by atoms with Gasteiger partial charge < -0.3 is 19.5 Å². The van der Waals surface area contributed by atoms with Gasteiger partial charge in [0.1, 0.15) is 17.5 Å². The van der Waals surface area contributed by atoms with Crippen molar-refractivity contribution in [1.82, 2.24) is 5.32 Å². The molecular formula is C20H21I2NO5. The number of esters is 1. The summed E-state index contributed by atoms with van der Waals surface area (Å²) in [5.74, 6) is 1.48. The Morgan fingerprint density at radius 2 is 1.64 bits per heavy atom. The van der Waals surface area contributed by atoms with Crippen LogP contribution in [0.25, 0.3) is 0 Å². The molecule has 0 aliphatic carbocycles. The molecule has 0 spiro atoms. The number of carbonyl (C=O) groups excluding carboxylic acids is 2. The second kappa shape index (κ2) is 10.8. The molecule has 150 valence electrons. The van der Waals surface area contributed by atoms with Crippen LogP contribution in [0, 0.1) is 7.14 Å². The van der Waals surface area contributed by atoms with Crippen LogP contribution in [0.4, 0.5) is 0 Å². The molecule has 1 atom stereocenters. The topological polar surface area (TPSA) is 73.9 Å². The molecule has 1 unspecified atom stereocenters. The van der Waals surface area contributed by atoms with E-state index in [0.29, 0.717) is 12.2 Å². The highest BCUT2D eigenvalue weighted by Crippen LogP contribution is 2.33. The third-order valence-electron chi connectivity index (χ3n) is 3.73. The van der Waals surface area contributed by atoms with E-state index >= 15 is 0 Å². The Morgan fingerprint density at radius 1 is 1.07 bits per heavy atom. The molecule has 2 aromatic rings. The summed E-state index contributed by atoms with van der Waals surface area (Å²) in [7, 11) is 1.62. The van der Waals surface area contributed by atoms with Crippen LogP contribution in [-0.4, -0.2) is 31.6 Å². The lowest BCUT2D eigenvalue weighted by molar-refractivity contribution is -0.147. The normalized spacial score (nSPS) is 11.5. The lowest BCUT2D eigenvalue weighted by Crippen LogP contribution is -2.42. The van der Waals surface area contributed by atoms with Gasteiger partial charge in [0.2, 0.25) is 5.91 Å². The average molecular weight is 609 g/mol. The van der Waals surface area contributed by atoms with Crippen molar-refractivity contribution in [2.24, 2.45) is 0 Å². The lowest BCUT2D eigenvalue weighted by Gasteiger charge is -2.18. The van der Waals surface area contributed by atoms with Crippen molar-refractivity contribution in [3.63, 3.8) is 0 Å². The molecule has 0 fully saturated rings. The van der Waals surface area contributed by atoms with E-state index in [-0.39, 0.29) is 12.5 Å². The second-order valence-corrected chi connectivity index (χ2v) is 8.20. The molecule has 2 aromatic carbocycles. The van der Waals surface area contributed by atoms with E-state index in [1.807, 2.05) is 36.4 Å². The highest BCUT2D eigenvalue weighted by atomic mass is 127. The summed E-state index contributed by atoms with van der Waals surface area (Å²) in [4.78, 5) is 23.6. The van der Waals surface area contributed by atoms with Gasteiger partial charge in [-0.2, -0.15) is 0 Å². The number of hydrogen-bond acceptors (Lipinski definition) is 5. The molecule has 0 aromatic heterocycles. The molecule has 8 heteroatoms. The minimum Gasteiger partial charge on any atom is -0.497 e. The molecule has 0 saturated heterocycles. The van der Waals surface area contributed by atoms with Gasteiger partial charge in [0.25, 0.3) is 0 Å².